The number of benzene rings is 2. The Kier molecular flexibility index (Phi) is 9.34. The fourth-order valence-corrected chi connectivity index (χ4v) is 3.13. The smallest absolute Gasteiger partial charge is 0.191 e. The zero-order valence-corrected chi connectivity index (χ0v) is 19.3. The number of hydrogen-bond acceptors (Lipinski definition) is 3. The number of aryl methyl sites for hydroxylation is 1. The van der Waals surface area contributed by atoms with Gasteiger partial charge in [-0.15, -0.1) is 24.0 Å². The van der Waals surface area contributed by atoms with Crippen molar-refractivity contribution in [2.75, 3.05) is 20.3 Å². The minimum absolute atomic E-state index is 0. The van der Waals surface area contributed by atoms with Crippen LogP contribution in [0.4, 0.5) is 0 Å². The van der Waals surface area contributed by atoms with E-state index in [1.807, 2.05) is 24.3 Å². The molecule has 28 heavy (non-hydrogen) atoms. The standard InChI is InChI=1S/C21H26ClN3O2.HI/c1-15-7-8-17(20(11-15)27-18-9-10-26-14-18)13-25-21(23-2)24-12-16-5-3-4-6-19(16)22;/h3-8,11,18H,9-10,12-14H2,1-2H3,(H2,23,24,25);1H. The molecule has 2 N–H and O–H groups in total. The first-order chi connectivity index (χ1) is 13.2. The molecule has 0 aliphatic carbocycles. The fourth-order valence-electron chi connectivity index (χ4n) is 2.92. The van der Waals surface area contributed by atoms with Gasteiger partial charge in [-0.05, 0) is 30.2 Å². The summed E-state index contributed by atoms with van der Waals surface area (Å²) in [5.74, 6) is 1.62. The summed E-state index contributed by atoms with van der Waals surface area (Å²) >= 11 is 6.21. The minimum atomic E-state index is 0. The molecule has 0 aromatic heterocycles. The van der Waals surface area contributed by atoms with Crippen molar-refractivity contribution in [1.29, 1.82) is 0 Å². The Morgan fingerprint density at radius 2 is 1.93 bits per heavy atom. The normalized spacial score (nSPS) is 16.4. The third-order valence-corrected chi connectivity index (χ3v) is 4.85. The van der Waals surface area contributed by atoms with Crippen LogP contribution >= 0.6 is 35.6 Å². The molecule has 3 rings (SSSR count). The summed E-state index contributed by atoms with van der Waals surface area (Å²) in [4.78, 5) is 4.29. The van der Waals surface area contributed by atoms with Gasteiger partial charge in [0.15, 0.2) is 5.96 Å². The molecule has 152 valence electrons. The average molecular weight is 516 g/mol. The number of aliphatic imine (C=N–C) groups is 1. The molecule has 1 aliphatic heterocycles. The van der Waals surface area contributed by atoms with Gasteiger partial charge >= 0.3 is 0 Å². The van der Waals surface area contributed by atoms with Gasteiger partial charge in [-0.25, -0.2) is 0 Å². The second-order valence-corrected chi connectivity index (χ2v) is 6.99. The molecule has 1 unspecified atom stereocenters. The summed E-state index contributed by atoms with van der Waals surface area (Å²) in [6, 6.07) is 14.0. The predicted octanol–water partition coefficient (Wildman–Crippen LogP) is 4.30. The monoisotopic (exact) mass is 515 g/mol. The molecule has 7 heteroatoms. The second-order valence-electron chi connectivity index (χ2n) is 6.59. The molecule has 1 aliphatic rings. The number of rotatable bonds is 6. The van der Waals surface area contributed by atoms with Gasteiger partial charge in [-0.3, -0.25) is 4.99 Å². The van der Waals surface area contributed by atoms with E-state index in [0.29, 0.717) is 25.7 Å². The average Bonchev–Trinajstić information content (AvgIpc) is 3.17. The lowest BCUT2D eigenvalue weighted by molar-refractivity contribution is 0.140. The third-order valence-electron chi connectivity index (χ3n) is 4.48. The van der Waals surface area contributed by atoms with Crippen LogP contribution in [-0.4, -0.2) is 32.3 Å². The van der Waals surface area contributed by atoms with Crippen molar-refractivity contribution in [3.63, 3.8) is 0 Å². The molecule has 0 saturated carbocycles. The van der Waals surface area contributed by atoms with E-state index in [4.69, 9.17) is 21.1 Å². The number of guanidine groups is 1. The van der Waals surface area contributed by atoms with Crippen molar-refractivity contribution >= 4 is 41.5 Å². The number of halogens is 2. The summed E-state index contributed by atoms with van der Waals surface area (Å²) in [5, 5.41) is 7.38. The van der Waals surface area contributed by atoms with E-state index < -0.39 is 0 Å². The summed E-state index contributed by atoms with van der Waals surface area (Å²) < 4.78 is 11.6. The van der Waals surface area contributed by atoms with Crippen molar-refractivity contribution < 1.29 is 9.47 Å². The first-order valence-corrected chi connectivity index (χ1v) is 9.55. The summed E-state index contributed by atoms with van der Waals surface area (Å²) in [5.41, 5.74) is 3.30. The van der Waals surface area contributed by atoms with Gasteiger partial charge < -0.3 is 20.1 Å². The van der Waals surface area contributed by atoms with E-state index in [1.165, 1.54) is 5.56 Å². The topological polar surface area (TPSA) is 54.9 Å². The molecule has 0 amide bonds. The zero-order chi connectivity index (χ0) is 19.1. The number of nitrogens with one attached hydrogen (secondary N) is 2. The highest BCUT2D eigenvalue weighted by Crippen LogP contribution is 2.23. The van der Waals surface area contributed by atoms with E-state index in [0.717, 1.165) is 34.9 Å². The number of nitrogens with zero attached hydrogens (tertiary/aromatic N) is 1. The maximum absolute atomic E-state index is 6.21. The van der Waals surface area contributed by atoms with Crippen LogP contribution in [0.2, 0.25) is 5.02 Å². The van der Waals surface area contributed by atoms with Crippen molar-refractivity contribution in [2.24, 2.45) is 4.99 Å². The Balaban J connectivity index is 0.00000280. The summed E-state index contributed by atoms with van der Waals surface area (Å²) in [6.07, 6.45) is 1.06. The molecule has 2 aromatic rings. The van der Waals surface area contributed by atoms with E-state index in [1.54, 1.807) is 7.05 Å². The van der Waals surface area contributed by atoms with Gasteiger partial charge in [0.2, 0.25) is 0 Å². The van der Waals surface area contributed by atoms with Crippen LogP contribution in [0.15, 0.2) is 47.5 Å². The molecular formula is C21H27ClIN3O2. The Labute approximate surface area is 188 Å². The van der Waals surface area contributed by atoms with Gasteiger partial charge in [0.05, 0.1) is 13.2 Å². The first-order valence-electron chi connectivity index (χ1n) is 9.17. The Bertz CT molecular complexity index is 795. The van der Waals surface area contributed by atoms with Crippen LogP contribution in [0.1, 0.15) is 23.1 Å². The molecular weight excluding hydrogens is 489 g/mol. The summed E-state index contributed by atoms with van der Waals surface area (Å²) in [6.45, 7) is 4.71. The fraction of sp³-hybridized carbons (Fsp3) is 0.381. The molecule has 1 atom stereocenters. The van der Waals surface area contributed by atoms with Gasteiger partial charge in [-0.1, -0.05) is 41.9 Å². The number of ether oxygens (including phenoxy) is 2. The Morgan fingerprint density at radius 3 is 2.61 bits per heavy atom. The molecule has 0 bridgehead atoms. The molecule has 0 spiro atoms. The molecule has 1 saturated heterocycles. The maximum atomic E-state index is 6.21. The van der Waals surface area contributed by atoms with Crippen molar-refractivity contribution in [3.8, 4) is 5.75 Å². The van der Waals surface area contributed by atoms with Crippen molar-refractivity contribution in [3.05, 3.63) is 64.2 Å². The molecule has 5 nitrogen and oxygen atoms in total. The van der Waals surface area contributed by atoms with Crippen molar-refractivity contribution in [1.82, 2.24) is 10.6 Å². The lowest BCUT2D eigenvalue weighted by Gasteiger charge is -2.18. The highest BCUT2D eigenvalue weighted by atomic mass is 127. The van der Waals surface area contributed by atoms with Crippen LogP contribution in [-0.2, 0) is 17.8 Å². The van der Waals surface area contributed by atoms with Crippen LogP contribution in [0.25, 0.3) is 0 Å². The minimum Gasteiger partial charge on any atom is -0.488 e. The largest absolute Gasteiger partial charge is 0.488 e. The quantitative estimate of drug-likeness (QED) is 0.342. The lowest BCUT2D eigenvalue weighted by Crippen LogP contribution is -2.36. The first kappa shape index (κ1) is 22.8. The third kappa shape index (κ3) is 6.53. The Morgan fingerprint density at radius 1 is 1.18 bits per heavy atom. The molecule has 1 fully saturated rings. The SMILES string of the molecule is CN=C(NCc1ccccc1Cl)NCc1ccc(C)cc1OC1CCOC1.I. The highest BCUT2D eigenvalue weighted by molar-refractivity contribution is 14.0. The van der Waals surface area contributed by atoms with Crippen LogP contribution in [0.3, 0.4) is 0 Å². The molecule has 2 aromatic carbocycles. The van der Waals surface area contributed by atoms with E-state index in [9.17, 15) is 0 Å². The summed E-state index contributed by atoms with van der Waals surface area (Å²) in [7, 11) is 1.75. The maximum Gasteiger partial charge on any atom is 0.191 e. The van der Waals surface area contributed by atoms with Gasteiger partial charge in [0.25, 0.3) is 0 Å². The van der Waals surface area contributed by atoms with E-state index >= 15 is 0 Å². The van der Waals surface area contributed by atoms with E-state index in [2.05, 4.69) is 40.7 Å². The van der Waals surface area contributed by atoms with Gasteiger partial charge in [-0.2, -0.15) is 0 Å². The second kappa shape index (κ2) is 11.5. The molecule has 0 radical (unpaired) electrons. The number of hydrogen-bond donors (Lipinski definition) is 2. The van der Waals surface area contributed by atoms with Crippen LogP contribution in [0, 0.1) is 6.92 Å². The van der Waals surface area contributed by atoms with E-state index in [-0.39, 0.29) is 30.1 Å². The van der Waals surface area contributed by atoms with Crippen molar-refractivity contribution in [2.45, 2.75) is 32.5 Å². The van der Waals surface area contributed by atoms with Gasteiger partial charge in [0.1, 0.15) is 11.9 Å². The molecule has 1 heterocycles. The zero-order valence-electron chi connectivity index (χ0n) is 16.2. The highest BCUT2D eigenvalue weighted by Gasteiger charge is 2.18. The lowest BCUT2D eigenvalue weighted by atomic mass is 10.1. The predicted molar refractivity (Wildman–Crippen MR) is 125 cm³/mol. The van der Waals surface area contributed by atoms with Crippen LogP contribution in [0.5, 0.6) is 5.75 Å². The Hall–Kier alpha value is -1.51. The van der Waals surface area contributed by atoms with Gasteiger partial charge in [0, 0.05) is 37.1 Å². The van der Waals surface area contributed by atoms with Crippen LogP contribution < -0.4 is 15.4 Å².